The number of aromatic nitrogens is 1. The first-order valence-corrected chi connectivity index (χ1v) is 7.91. The first kappa shape index (κ1) is 32.7. The van der Waals surface area contributed by atoms with Crippen molar-refractivity contribution in [3.8, 4) is 0 Å². The van der Waals surface area contributed by atoms with Crippen molar-refractivity contribution in [3.05, 3.63) is 78.0 Å². The van der Waals surface area contributed by atoms with Crippen molar-refractivity contribution in [2.24, 2.45) is 0 Å². The summed E-state index contributed by atoms with van der Waals surface area (Å²) in [5.74, 6) is -3.52. The summed E-state index contributed by atoms with van der Waals surface area (Å²) in [7, 11) is 0. The summed E-state index contributed by atoms with van der Waals surface area (Å²) in [6.07, 6.45) is 1.09. The zero-order chi connectivity index (χ0) is 18.3. The molecule has 0 unspecified atom stereocenters. The van der Waals surface area contributed by atoms with Crippen LogP contribution in [0.4, 0.5) is 5.69 Å². The molecule has 152 valence electrons. The van der Waals surface area contributed by atoms with Crippen LogP contribution in [0.5, 0.6) is 0 Å². The van der Waals surface area contributed by atoms with Crippen LogP contribution >= 0.6 is 0 Å². The summed E-state index contributed by atoms with van der Waals surface area (Å²) < 4.78 is 0. The summed E-state index contributed by atoms with van der Waals surface area (Å²) in [4.78, 5) is 28.2. The summed E-state index contributed by atoms with van der Waals surface area (Å²) in [5, 5.41) is 27.7. The van der Waals surface area contributed by atoms with E-state index in [4.69, 9.17) is 0 Å². The molecule has 1 aromatic heterocycles. The fourth-order valence-electron chi connectivity index (χ4n) is 3.19. The molecule has 0 aliphatic carbocycles. The van der Waals surface area contributed by atoms with Gasteiger partial charge in [-0.05, 0) is 29.8 Å². The maximum atomic E-state index is 11.8. The minimum atomic E-state index is -2.40. The van der Waals surface area contributed by atoms with Gasteiger partial charge in [-0.25, -0.2) is 4.98 Å². The number of carbonyl (C=O) groups excluding carboxylic acids is 2. The van der Waals surface area contributed by atoms with Gasteiger partial charge < -0.3 is 41.5 Å². The van der Waals surface area contributed by atoms with Crippen LogP contribution in [0, 0.1) is 0 Å². The summed E-state index contributed by atoms with van der Waals surface area (Å²) in [5.41, 5.74) is -0.588. The number of carbonyl (C=O) groups is 2. The smallest absolute Gasteiger partial charge is 0.548 e. The van der Waals surface area contributed by atoms with Gasteiger partial charge in [-0.2, -0.15) is 0 Å². The van der Waals surface area contributed by atoms with Gasteiger partial charge in [-0.1, -0.05) is 42.5 Å². The quantitative estimate of drug-likeness (QED) is 0.287. The van der Waals surface area contributed by atoms with Gasteiger partial charge in [0.1, 0.15) is 0 Å². The normalized spacial score (nSPS) is 12.5. The molecule has 0 radical (unpaired) electrons. The number of hydrogen-bond donors (Lipinski definition) is 1. The Bertz CT molecular complexity index is 1090. The van der Waals surface area contributed by atoms with Crippen LogP contribution < -0.4 is 118 Å². The van der Waals surface area contributed by atoms with Crippen molar-refractivity contribution in [2.75, 3.05) is 5.32 Å². The number of rotatable bonds is 3. The van der Waals surface area contributed by atoms with E-state index >= 15 is 0 Å². The third-order valence-corrected chi connectivity index (χ3v) is 4.50. The van der Waals surface area contributed by atoms with Crippen molar-refractivity contribution in [1.82, 2.24) is 4.98 Å². The Morgan fingerprint density at radius 2 is 1.39 bits per heavy atom. The molecule has 0 bridgehead atoms. The van der Waals surface area contributed by atoms with Crippen LogP contribution in [0.3, 0.4) is 0 Å². The molecule has 2 aromatic carbocycles. The second-order valence-electron chi connectivity index (χ2n) is 6.00. The summed E-state index contributed by atoms with van der Waals surface area (Å²) in [6, 6.07) is 17.2. The van der Waals surface area contributed by atoms with Gasteiger partial charge in [-0.15, -0.1) is 0 Å². The minimum absolute atomic E-state index is 0. The summed E-state index contributed by atoms with van der Waals surface area (Å²) in [6.45, 7) is 0. The molecular formula is C20H18K2N2O7. The van der Waals surface area contributed by atoms with Crippen LogP contribution in [-0.4, -0.2) is 33.4 Å². The molecule has 0 amide bonds. The summed E-state index contributed by atoms with van der Waals surface area (Å²) >= 11 is 0. The molecule has 11 heteroatoms. The molecule has 1 aliphatic rings. The van der Waals surface area contributed by atoms with Gasteiger partial charge in [0, 0.05) is 11.1 Å². The molecule has 0 saturated carbocycles. The number of benzene rings is 2. The molecule has 1 aliphatic heterocycles. The standard InChI is InChI=1S/C20H14N2O4.2K.3H2O/c23-18(24)20(19(25)26)11-17(22-15-8-4-2-6-13(15)20)16-10-9-12-5-1-3-7-14(12)21-16;;;;;/h1-11,22H,(H,23,24)(H,25,26);;;3*1H2/q;2*+1;;;/p-2. The Morgan fingerprint density at radius 3 is 2.03 bits per heavy atom. The maximum Gasteiger partial charge on any atom is 1.00 e. The molecule has 4 rings (SSSR count). The predicted octanol–water partition coefficient (Wildman–Crippen LogP) is -8.03. The fourth-order valence-corrected chi connectivity index (χ4v) is 3.19. The minimum Gasteiger partial charge on any atom is -0.548 e. The Morgan fingerprint density at radius 1 is 0.806 bits per heavy atom. The molecular weight excluding hydrogens is 458 g/mol. The van der Waals surface area contributed by atoms with E-state index in [-0.39, 0.29) is 130 Å². The van der Waals surface area contributed by atoms with E-state index in [1.54, 1.807) is 24.3 Å². The first-order chi connectivity index (χ1) is 12.5. The molecule has 9 nitrogen and oxygen atoms in total. The number of pyridine rings is 1. The van der Waals surface area contributed by atoms with E-state index in [0.717, 1.165) is 11.5 Å². The third kappa shape index (κ3) is 5.89. The molecule has 0 spiro atoms. The number of carboxylic acids is 2. The number of nitrogens with one attached hydrogen (secondary N) is 1. The van der Waals surface area contributed by atoms with E-state index in [1.165, 1.54) is 6.07 Å². The van der Waals surface area contributed by atoms with Crippen molar-refractivity contribution in [1.29, 1.82) is 0 Å². The Kier molecular flexibility index (Phi) is 14.0. The van der Waals surface area contributed by atoms with E-state index in [0.29, 0.717) is 16.9 Å². The molecule has 0 atom stereocenters. The zero-order valence-corrected chi connectivity index (χ0v) is 23.2. The number of nitrogens with zero attached hydrogens (tertiary/aromatic N) is 1. The van der Waals surface area contributed by atoms with Crippen molar-refractivity contribution in [2.45, 2.75) is 5.41 Å². The second-order valence-corrected chi connectivity index (χ2v) is 6.00. The number of carboxylic acid groups (broad SMARTS) is 2. The maximum absolute atomic E-state index is 11.8. The SMILES string of the molecule is O.O.O.O=C([O-])C1(C(=O)[O-])C=C(c2ccc3ccccc3n2)Nc2ccccc21.[K+].[K+]. The van der Waals surface area contributed by atoms with Crippen LogP contribution in [0.1, 0.15) is 11.3 Å². The van der Waals surface area contributed by atoms with Gasteiger partial charge in [0.15, 0.2) is 0 Å². The van der Waals surface area contributed by atoms with Gasteiger partial charge in [0.05, 0.1) is 34.3 Å². The average molecular weight is 477 g/mol. The van der Waals surface area contributed by atoms with E-state index < -0.39 is 17.4 Å². The number of anilines is 1. The van der Waals surface area contributed by atoms with E-state index in [9.17, 15) is 19.8 Å². The first-order valence-electron chi connectivity index (χ1n) is 7.91. The fraction of sp³-hybridized carbons (Fsp3) is 0.0500. The molecule has 0 saturated heterocycles. The molecule has 0 fully saturated rings. The topological polar surface area (TPSA) is 200 Å². The number of fused-ring (bicyclic) bond motifs is 2. The monoisotopic (exact) mass is 476 g/mol. The molecule has 2 heterocycles. The van der Waals surface area contributed by atoms with E-state index in [1.807, 2.05) is 30.3 Å². The van der Waals surface area contributed by atoms with Crippen molar-refractivity contribution >= 4 is 34.2 Å². The number of hydrogen-bond acceptors (Lipinski definition) is 6. The third-order valence-electron chi connectivity index (χ3n) is 4.50. The van der Waals surface area contributed by atoms with Crippen LogP contribution in [0.2, 0.25) is 0 Å². The van der Waals surface area contributed by atoms with Gasteiger partial charge in [0.25, 0.3) is 0 Å². The Balaban J connectivity index is 0. The second kappa shape index (κ2) is 13.3. The van der Waals surface area contributed by atoms with Gasteiger partial charge in [-0.3, -0.25) is 0 Å². The average Bonchev–Trinajstić information content (AvgIpc) is 2.66. The van der Waals surface area contributed by atoms with Crippen LogP contribution in [0.25, 0.3) is 16.6 Å². The van der Waals surface area contributed by atoms with Gasteiger partial charge >= 0.3 is 103 Å². The van der Waals surface area contributed by atoms with Crippen LogP contribution in [0.15, 0.2) is 66.7 Å². The number of aliphatic carboxylic acids is 2. The van der Waals surface area contributed by atoms with Crippen molar-refractivity contribution < 1.29 is 139 Å². The predicted molar refractivity (Wildman–Crippen MR) is 102 cm³/mol. The molecule has 3 aromatic rings. The zero-order valence-electron chi connectivity index (χ0n) is 16.9. The molecule has 7 N–H and O–H groups in total. The van der Waals surface area contributed by atoms with Gasteiger partial charge in [0.2, 0.25) is 0 Å². The number of para-hydroxylation sites is 2. The Labute approximate surface area is 262 Å². The van der Waals surface area contributed by atoms with Crippen molar-refractivity contribution in [3.63, 3.8) is 0 Å². The molecule has 31 heavy (non-hydrogen) atoms. The Hall–Kier alpha value is -0.517. The van der Waals surface area contributed by atoms with Crippen LogP contribution in [-0.2, 0) is 15.0 Å². The van der Waals surface area contributed by atoms with E-state index in [2.05, 4.69) is 10.3 Å². The largest absolute Gasteiger partial charge is 1.00 e.